The van der Waals surface area contributed by atoms with Crippen LogP contribution in [0.5, 0.6) is 5.75 Å². The van der Waals surface area contributed by atoms with Gasteiger partial charge >= 0.3 is 0 Å². The number of amides is 1. The Morgan fingerprint density at radius 3 is 2.75 bits per heavy atom. The number of ether oxygens (including phenoxy) is 1. The lowest BCUT2D eigenvalue weighted by atomic mass is 10.1. The number of fused-ring (bicyclic) bond motifs is 1. The van der Waals surface area contributed by atoms with Crippen LogP contribution in [0.25, 0.3) is 22.2 Å². The summed E-state index contributed by atoms with van der Waals surface area (Å²) in [5.41, 5.74) is 10.3. The van der Waals surface area contributed by atoms with Gasteiger partial charge in [0.05, 0.1) is 12.1 Å². The van der Waals surface area contributed by atoms with Gasteiger partial charge in [0, 0.05) is 35.6 Å². The van der Waals surface area contributed by atoms with Gasteiger partial charge in [-0.3, -0.25) is 4.79 Å². The van der Waals surface area contributed by atoms with E-state index in [1.165, 1.54) is 24.3 Å². The molecule has 32 heavy (non-hydrogen) atoms. The molecule has 0 radical (unpaired) electrons. The third-order valence-corrected chi connectivity index (χ3v) is 5.28. The number of halogens is 2. The zero-order valence-corrected chi connectivity index (χ0v) is 17.7. The van der Waals surface area contributed by atoms with Crippen molar-refractivity contribution in [3.63, 3.8) is 0 Å². The molecular weight excluding hydrogens is 416 g/mol. The van der Waals surface area contributed by atoms with Gasteiger partial charge in [-0.2, -0.15) is 5.53 Å². The van der Waals surface area contributed by atoms with Crippen LogP contribution in [0.2, 0.25) is 0 Å². The Hall–Kier alpha value is -3.14. The summed E-state index contributed by atoms with van der Waals surface area (Å²) >= 11 is 0. The highest BCUT2D eigenvalue weighted by Gasteiger charge is 2.19. The van der Waals surface area contributed by atoms with Crippen molar-refractivity contribution in [1.82, 2.24) is 26.7 Å². The maximum absolute atomic E-state index is 15.2. The summed E-state index contributed by atoms with van der Waals surface area (Å²) in [6, 6.07) is 10.6. The van der Waals surface area contributed by atoms with E-state index in [0.29, 0.717) is 34.6 Å². The standard InChI is InChI=1S/C23H25F2N5O2/c1-2-32-22-18-10-7-15(23(31)26-11-3-4-17-13-27-30-29-17)12-19(18)28-21(20(22)25)14-5-8-16(24)9-6-14/h5-10,12,17,27,29-30H,2-4,11,13H2,1H3,(H,26,31). The van der Waals surface area contributed by atoms with E-state index in [2.05, 4.69) is 26.7 Å². The van der Waals surface area contributed by atoms with E-state index in [9.17, 15) is 9.18 Å². The monoisotopic (exact) mass is 441 g/mol. The lowest BCUT2D eigenvalue weighted by molar-refractivity contribution is 0.0953. The molecule has 3 aromatic rings. The largest absolute Gasteiger partial charge is 0.490 e. The van der Waals surface area contributed by atoms with E-state index in [4.69, 9.17) is 4.74 Å². The number of nitrogens with zero attached hydrogens (tertiary/aromatic N) is 1. The average Bonchev–Trinajstić information content (AvgIpc) is 3.32. The molecule has 2 aromatic carbocycles. The Kier molecular flexibility index (Phi) is 6.89. The summed E-state index contributed by atoms with van der Waals surface area (Å²) in [6.45, 7) is 3.40. The predicted molar refractivity (Wildman–Crippen MR) is 118 cm³/mol. The van der Waals surface area contributed by atoms with Crippen molar-refractivity contribution in [2.45, 2.75) is 25.8 Å². The van der Waals surface area contributed by atoms with Crippen molar-refractivity contribution >= 4 is 16.8 Å². The molecule has 1 aromatic heterocycles. The van der Waals surface area contributed by atoms with Crippen LogP contribution in [0.1, 0.15) is 30.1 Å². The summed E-state index contributed by atoms with van der Waals surface area (Å²) in [5.74, 6) is -1.20. The van der Waals surface area contributed by atoms with Gasteiger partial charge in [-0.25, -0.2) is 24.6 Å². The summed E-state index contributed by atoms with van der Waals surface area (Å²) in [4.78, 5) is 17.1. The number of nitrogens with one attached hydrogen (secondary N) is 4. The minimum Gasteiger partial charge on any atom is -0.490 e. The van der Waals surface area contributed by atoms with Gasteiger partial charge in [-0.1, -0.05) is 0 Å². The molecule has 0 saturated carbocycles. The van der Waals surface area contributed by atoms with Crippen molar-refractivity contribution in [2.75, 3.05) is 19.7 Å². The maximum Gasteiger partial charge on any atom is 0.251 e. The van der Waals surface area contributed by atoms with Gasteiger partial charge in [0.15, 0.2) is 11.6 Å². The number of rotatable bonds is 8. The van der Waals surface area contributed by atoms with E-state index < -0.39 is 11.6 Å². The molecule has 9 heteroatoms. The van der Waals surface area contributed by atoms with Crippen LogP contribution < -0.4 is 26.4 Å². The Morgan fingerprint density at radius 1 is 1.22 bits per heavy atom. The number of aromatic nitrogens is 1. The molecule has 1 aliphatic rings. The van der Waals surface area contributed by atoms with E-state index >= 15 is 4.39 Å². The first-order valence-corrected chi connectivity index (χ1v) is 10.6. The van der Waals surface area contributed by atoms with Gasteiger partial charge < -0.3 is 10.1 Å². The zero-order chi connectivity index (χ0) is 22.5. The van der Waals surface area contributed by atoms with E-state index in [0.717, 1.165) is 19.4 Å². The molecular formula is C23H25F2N5O2. The lowest BCUT2D eigenvalue weighted by Gasteiger charge is -2.13. The maximum atomic E-state index is 15.2. The van der Waals surface area contributed by atoms with Gasteiger partial charge in [-0.05, 0) is 62.2 Å². The fourth-order valence-electron chi connectivity index (χ4n) is 3.64. The van der Waals surface area contributed by atoms with Crippen LogP contribution in [-0.4, -0.2) is 36.6 Å². The zero-order valence-electron chi connectivity index (χ0n) is 17.7. The molecule has 1 amide bonds. The predicted octanol–water partition coefficient (Wildman–Crippen LogP) is 3.07. The number of carbonyl (C=O) groups is 1. The van der Waals surface area contributed by atoms with Crippen LogP contribution in [0.4, 0.5) is 8.78 Å². The molecule has 1 atom stereocenters. The molecule has 1 saturated heterocycles. The van der Waals surface area contributed by atoms with Gasteiger partial charge in [0.25, 0.3) is 5.91 Å². The minimum atomic E-state index is -0.618. The highest BCUT2D eigenvalue weighted by Crippen LogP contribution is 2.34. The van der Waals surface area contributed by atoms with Crippen molar-refractivity contribution in [3.05, 3.63) is 59.7 Å². The van der Waals surface area contributed by atoms with Gasteiger partial charge in [0.1, 0.15) is 11.5 Å². The first-order valence-electron chi connectivity index (χ1n) is 10.6. The fourth-order valence-corrected chi connectivity index (χ4v) is 3.64. The smallest absolute Gasteiger partial charge is 0.251 e. The second kappa shape index (κ2) is 9.99. The van der Waals surface area contributed by atoms with E-state index in [1.54, 1.807) is 25.1 Å². The fraction of sp³-hybridized carbons (Fsp3) is 0.304. The van der Waals surface area contributed by atoms with Crippen LogP contribution in [0.3, 0.4) is 0 Å². The lowest BCUT2D eigenvalue weighted by Crippen LogP contribution is -2.34. The second-order valence-corrected chi connectivity index (χ2v) is 7.52. The van der Waals surface area contributed by atoms with Gasteiger partial charge in [0.2, 0.25) is 0 Å². The summed E-state index contributed by atoms with van der Waals surface area (Å²) in [7, 11) is 0. The molecule has 7 nitrogen and oxygen atoms in total. The van der Waals surface area contributed by atoms with E-state index in [1.807, 2.05) is 0 Å². The third kappa shape index (κ3) is 4.85. The number of pyridine rings is 1. The number of hydrogen-bond acceptors (Lipinski definition) is 6. The molecule has 1 unspecified atom stereocenters. The van der Waals surface area contributed by atoms with E-state index in [-0.39, 0.29) is 24.0 Å². The Labute approximate surface area is 184 Å². The number of hydrogen-bond donors (Lipinski definition) is 4. The molecule has 4 N–H and O–H groups in total. The highest BCUT2D eigenvalue weighted by atomic mass is 19.1. The number of carbonyl (C=O) groups excluding carboxylic acids is 1. The van der Waals surface area contributed by atoms with Crippen molar-refractivity contribution in [2.24, 2.45) is 0 Å². The SMILES string of the molecule is CCOc1c(F)c(-c2ccc(F)cc2)nc2cc(C(=O)NCCCC3CNNN3)ccc12. The average molecular weight is 441 g/mol. The van der Waals surface area contributed by atoms with Gasteiger partial charge in [-0.15, -0.1) is 0 Å². The number of hydrazine groups is 2. The Morgan fingerprint density at radius 2 is 2.03 bits per heavy atom. The van der Waals surface area contributed by atoms with Crippen LogP contribution in [0.15, 0.2) is 42.5 Å². The minimum absolute atomic E-state index is 0.0461. The molecule has 2 heterocycles. The summed E-state index contributed by atoms with van der Waals surface area (Å²) < 4.78 is 34.1. The summed E-state index contributed by atoms with van der Waals surface area (Å²) in [6.07, 6.45) is 1.74. The molecule has 4 rings (SSSR count). The quantitative estimate of drug-likeness (QED) is 0.402. The second-order valence-electron chi connectivity index (χ2n) is 7.52. The molecule has 0 spiro atoms. The Bertz CT molecular complexity index is 1100. The Balaban J connectivity index is 1.58. The third-order valence-electron chi connectivity index (χ3n) is 5.28. The molecule has 168 valence electrons. The normalized spacial score (nSPS) is 15.8. The van der Waals surface area contributed by atoms with Crippen molar-refractivity contribution in [1.29, 1.82) is 0 Å². The first-order chi connectivity index (χ1) is 15.6. The first kappa shape index (κ1) is 22.1. The van der Waals surface area contributed by atoms with Crippen LogP contribution in [-0.2, 0) is 0 Å². The molecule has 0 aliphatic carbocycles. The van der Waals surface area contributed by atoms with Crippen molar-refractivity contribution < 1.29 is 18.3 Å². The topological polar surface area (TPSA) is 87.3 Å². The number of benzene rings is 2. The van der Waals surface area contributed by atoms with Crippen molar-refractivity contribution in [3.8, 4) is 17.0 Å². The molecule has 1 fully saturated rings. The van der Waals surface area contributed by atoms with Crippen LogP contribution in [0, 0.1) is 11.6 Å². The summed E-state index contributed by atoms with van der Waals surface area (Å²) in [5, 5.41) is 3.38. The van der Waals surface area contributed by atoms with Crippen LogP contribution >= 0.6 is 0 Å². The molecule has 1 aliphatic heterocycles. The highest BCUT2D eigenvalue weighted by molar-refractivity contribution is 5.99. The molecule has 0 bridgehead atoms.